The molecule has 0 saturated carbocycles. The van der Waals surface area contributed by atoms with Crippen LogP contribution in [0, 0.1) is 6.61 Å². The van der Waals surface area contributed by atoms with Gasteiger partial charge < -0.3 is 5.11 Å². The van der Waals surface area contributed by atoms with E-state index in [2.05, 4.69) is 0 Å². The molecule has 0 aromatic carbocycles. The van der Waals surface area contributed by atoms with E-state index in [0.29, 0.717) is 0 Å². The van der Waals surface area contributed by atoms with Crippen molar-refractivity contribution in [1.82, 2.24) is 0 Å². The van der Waals surface area contributed by atoms with Gasteiger partial charge in [0.2, 0.25) is 0 Å². The van der Waals surface area contributed by atoms with Gasteiger partial charge in [-0.3, -0.25) is 0 Å². The maximum absolute atomic E-state index is 7.44. The predicted molar refractivity (Wildman–Crippen MR) is 11.9 cm³/mol. The molecule has 0 spiro atoms. The molecule has 0 unspecified atom stereocenters. The molecule has 0 fully saturated rings. The molecule has 20 valence electrons. The van der Waals surface area contributed by atoms with Crippen molar-refractivity contribution in [1.29, 1.82) is 0 Å². The molecule has 0 atom stereocenters. The van der Waals surface area contributed by atoms with Gasteiger partial charge in [-0.2, -0.15) is 6.92 Å². The fraction of sp³-hybridized carbons (Fsp3) is 0.500. The second-order valence-electron chi connectivity index (χ2n) is 0.258. The largest absolute Gasteiger partial charge is 3.00 e. The number of aliphatic hydroxyl groups excluding tert-OH is 1. The van der Waals surface area contributed by atoms with Crippen molar-refractivity contribution in [2.75, 3.05) is 0 Å². The van der Waals surface area contributed by atoms with Crippen molar-refractivity contribution in [2.24, 2.45) is 0 Å². The minimum absolute atomic E-state index is 0. The van der Waals surface area contributed by atoms with Crippen molar-refractivity contribution >= 4 is 0 Å². The molecule has 0 heterocycles. The van der Waals surface area contributed by atoms with Crippen molar-refractivity contribution in [3.63, 3.8) is 0 Å². The van der Waals surface area contributed by atoms with Crippen molar-refractivity contribution in [3.05, 3.63) is 6.61 Å². The third kappa shape index (κ3) is 11.5. The molecule has 0 radical (unpaired) electrons. The second-order valence-corrected chi connectivity index (χ2v) is 0.258. The van der Waals surface area contributed by atoms with E-state index in [-0.39, 0.29) is 32.7 Å². The zero-order chi connectivity index (χ0) is 2.71. The summed E-state index contributed by atoms with van der Waals surface area (Å²) in [6.07, 6.45) is 0. The Hall–Kier alpha value is 1.06. The third-order valence-corrected chi connectivity index (χ3v) is 0. The van der Waals surface area contributed by atoms with Crippen LogP contribution in [0.3, 0.4) is 0 Å². The van der Waals surface area contributed by atoms with Gasteiger partial charge in [0, 0.05) is 0 Å². The van der Waals surface area contributed by atoms with Gasteiger partial charge in [0.15, 0.2) is 0 Å². The molecule has 0 aliphatic carbocycles. The SMILES string of the molecule is C[CH-]O.[Y+3]. The fourth-order valence-electron chi connectivity index (χ4n) is 0. The van der Waals surface area contributed by atoms with Crippen molar-refractivity contribution < 1.29 is 37.8 Å². The van der Waals surface area contributed by atoms with Crippen LogP contribution in [0.15, 0.2) is 0 Å². The first kappa shape index (κ1) is 8.91. The second kappa shape index (κ2) is 8.96. The summed E-state index contributed by atoms with van der Waals surface area (Å²) in [6.45, 7) is 2.56. The molecule has 0 rings (SSSR count). The molecule has 0 bridgehead atoms. The van der Waals surface area contributed by atoms with Crippen LogP contribution in [0.25, 0.3) is 0 Å². The quantitative estimate of drug-likeness (QED) is 0.479. The molecule has 0 aromatic rings. The molecule has 0 aromatic heterocycles. The van der Waals surface area contributed by atoms with Crippen molar-refractivity contribution in [2.45, 2.75) is 6.92 Å². The maximum atomic E-state index is 7.44. The molecule has 2 heteroatoms. The Morgan fingerprint density at radius 2 is 1.75 bits per heavy atom. The first-order valence-corrected chi connectivity index (χ1v) is 0.836. The minimum atomic E-state index is 0. The van der Waals surface area contributed by atoms with Crippen LogP contribution in [-0.4, -0.2) is 5.11 Å². The molecule has 0 aliphatic rings. The summed E-state index contributed by atoms with van der Waals surface area (Å²) in [5.74, 6) is 0. The molecule has 0 aliphatic heterocycles. The van der Waals surface area contributed by atoms with E-state index in [9.17, 15) is 0 Å². The number of aliphatic hydroxyl groups is 1. The standard InChI is InChI=1S/C2H5O.Y/c1-2-3;/h2-3H,1H3;/q-1;+3. The van der Waals surface area contributed by atoms with E-state index >= 15 is 0 Å². The maximum Gasteiger partial charge on any atom is 3.00 e. The Morgan fingerprint density at radius 3 is 1.75 bits per heavy atom. The average Bonchev–Trinajstić information content (AvgIpc) is 0.918. The van der Waals surface area contributed by atoms with Crippen LogP contribution in [0.5, 0.6) is 0 Å². The van der Waals surface area contributed by atoms with Gasteiger partial charge in [0.1, 0.15) is 0 Å². The van der Waals surface area contributed by atoms with Gasteiger partial charge in [-0.05, 0) is 0 Å². The zero-order valence-electron chi connectivity index (χ0n) is 2.60. The van der Waals surface area contributed by atoms with Crippen LogP contribution >= 0.6 is 0 Å². The molecule has 0 saturated heterocycles. The molecular formula is C2H5OY+2. The fourth-order valence-corrected chi connectivity index (χ4v) is 0. The summed E-state index contributed by atoms with van der Waals surface area (Å²) < 4.78 is 0. The predicted octanol–water partition coefficient (Wildman–Crippen LogP) is 0.538. The van der Waals surface area contributed by atoms with Crippen LogP contribution < -0.4 is 0 Å². The Kier molecular flexibility index (Phi) is 19.9. The van der Waals surface area contributed by atoms with Crippen LogP contribution in [0.1, 0.15) is 6.92 Å². The van der Waals surface area contributed by atoms with Gasteiger partial charge in [-0.25, -0.2) is 6.61 Å². The first-order valence-electron chi connectivity index (χ1n) is 0.836. The zero-order valence-corrected chi connectivity index (χ0v) is 5.44. The Balaban J connectivity index is 0. The molecule has 1 N–H and O–H groups in total. The normalized spacial score (nSPS) is 4.50. The Morgan fingerprint density at radius 1 is 1.75 bits per heavy atom. The molecule has 0 amide bonds. The van der Waals surface area contributed by atoms with E-state index < -0.39 is 0 Å². The monoisotopic (exact) mass is 134 g/mol. The number of rotatable bonds is 0. The topological polar surface area (TPSA) is 20.2 Å². The van der Waals surface area contributed by atoms with Gasteiger partial charge in [-0.15, -0.1) is 0 Å². The van der Waals surface area contributed by atoms with Gasteiger partial charge in [0.05, 0.1) is 0 Å². The van der Waals surface area contributed by atoms with E-state index in [1.54, 1.807) is 6.92 Å². The van der Waals surface area contributed by atoms with Gasteiger partial charge in [0.25, 0.3) is 0 Å². The summed E-state index contributed by atoms with van der Waals surface area (Å²) in [4.78, 5) is 0. The van der Waals surface area contributed by atoms with E-state index in [4.69, 9.17) is 5.11 Å². The Bertz CT molecular complexity index is 6.00. The third-order valence-electron chi connectivity index (χ3n) is 0. The van der Waals surface area contributed by atoms with Gasteiger partial charge >= 0.3 is 32.7 Å². The minimum Gasteiger partial charge on any atom is -0.566 e. The van der Waals surface area contributed by atoms with Gasteiger partial charge in [-0.1, -0.05) is 0 Å². The molecule has 1 nitrogen and oxygen atoms in total. The smallest absolute Gasteiger partial charge is 0.566 e. The average molecular weight is 134 g/mol. The van der Waals surface area contributed by atoms with Crippen LogP contribution in [-0.2, 0) is 32.7 Å². The summed E-state index contributed by atoms with van der Waals surface area (Å²) in [5.41, 5.74) is 0. The first-order chi connectivity index (χ1) is 1.41. The Labute approximate surface area is 51.3 Å². The summed E-state index contributed by atoms with van der Waals surface area (Å²) in [7, 11) is 0. The summed E-state index contributed by atoms with van der Waals surface area (Å²) in [5, 5.41) is 7.44. The number of hydrogen-bond acceptors (Lipinski definition) is 1. The molecular weight excluding hydrogens is 129 g/mol. The molecule has 4 heavy (non-hydrogen) atoms. The van der Waals surface area contributed by atoms with Crippen molar-refractivity contribution in [3.8, 4) is 0 Å². The summed E-state index contributed by atoms with van der Waals surface area (Å²) in [6, 6.07) is 0. The number of hydrogen-bond donors (Lipinski definition) is 1. The summed E-state index contributed by atoms with van der Waals surface area (Å²) >= 11 is 0. The van der Waals surface area contributed by atoms with Crippen LogP contribution in [0.4, 0.5) is 0 Å². The van der Waals surface area contributed by atoms with E-state index in [1.165, 1.54) is 0 Å². The van der Waals surface area contributed by atoms with Crippen LogP contribution in [0.2, 0.25) is 0 Å². The van der Waals surface area contributed by atoms with E-state index in [1.807, 2.05) is 0 Å². The van der Waals surface area contributed by atoms with E-state index in [0.717, 1.165) is 6.61 Å².